The van der Waals surface area contributed by atoms with Crippen molar-refractivity contribution >= 4 is 21.9 Å². The Morgan fingerprint density at radius 3 is 3.05 bits per heavy atom. The van der Waals surface area contributed by atoms with Crippen LogP contribution in [0, 0.1) is 5.92 Å². The van der Waals surface area contributed by atoms with Gasteiger partial charge in [0, 0.05) is 25.2 Å². The molecule has 3 aromatic rings. The lowest BCUT2D eigenvalue weighted by Crippen LogP contribution is -2.06. The van der Waals surface area contributed by atoms with E-state index in [-0.39, 0.29) is 5.75 Å². The molecular weight excluding hydrogens is 266 g/mol. The number of nitrogens with one attached hydrogen (secondary N) is 1. The summed E-state index contributed by atoms with van der Waals surface area (Å²) in [6.07, 6.45) is 3.54. The lowest BCUT2D eigenvalue weighted by molar-refractivity contribution is 0.180. The van der Waals surface area contributed by atoms with Gasteiger partial charge in [-0.2, -0.15) is 0 Å². The maximum Gasteiger partial charge on any atom is 0.117 e. The van der Waals surface area contributed by atoms with Crippen LogP contribution in [0.25, 0.3) is 21.9 Å². The Bertz CT molecular complexity index is 767. The lowest BCUT2D eigenvalue weighted by Gasteiger charge is -2.12. The van der Waals surface area contributed by atoms with Gasteiger partial charge >= 0.3 is 0 Å². The van der Waals surface area contributed by atoms with Gasteiger partial charge in [-0.3, -0.25) is 4.98 Å². The molecule has 1 atom stereocenters. The first-order valence-corrected chi connectivity index (χ1v) is 7.12. The molecule has 3 rings (SSSR count). The van der Waals surface area contributed by atoms with Crippen LogP contribution in [0.1, 0.15) is 19.0 Å². The number of phenols is 1. The number of aromatic hydroxyl groups is 1. The van der Waals surface area contributed by atoms with Crippen molar-refractivity contribution in [3.8, 4) is 5.75 Å². The van der Waals surface area contributed by atoms with Gasteiger partial charge in [-0.05, 0) is 30.9 Å². The van der Waals surface area contributed by atoms with Gasteiger partial charge in [0.25, 0.3) is 0 Å². The van der Waals surface area contributed by atoms with Crippen molar-refractivity contribution in [2.45, 2.75) is 19.8 Å². The first-order chi connectivity index (χ1) is 10.2. The maximum atomic E-state index is 9.66. The van der Waals surface area contributed by atoms with Gasteiger partial charge in [0.1, 0.15) is 5.75 Å². The van der Waals surface area contributed by atoms with E-state index >= 15 is 0 Å². The van der Waals surface area contributed by atoms with E-state index in [1.807, 2.05) is 6.07 Å². The number of nitrogens with zero attached hydrogens (tertiary/aromatic N) is 2. The SMILES string of the molecule is COCCC(C)Cc1nc2cc(O)ccc2c2nc[nH]c12. The highest BCUT2D eigenvalue weighted by molar-refractivity contribution is 6.03. The van der Waals surface area contributed by atoms with Crippen molar-refractivity contribution in [2.24, 2.45) is 5.92 Å². The van der Waals surface area contributed by atoms with Crippen LogP contribution < -0.4 is 0 Å². The normalized spacial score (nSPS) is 13.0. The molecule has 0 saturated carbocycles. The summed E-state index contributed by atoms with van der Waals surface area (Å²) in [5, 5.41) is 10.6. The summed E-state index contributed by atoms with van der Waals surface area (Å²) in [5.74, 6) is 0.696. The Morgan fingerprint density at radius 2 is 2.24 bits per heavy atom. The van der Waals surface area contributed by atoms with Crippen LogP contribution in [0.3, 0.4) is 0 Å². The molecule has 2 N–H and O–H groups in total. The van der Waals surface area contributed by atoms with Gasteiger partial charge in [0.2, 0.25) is 0 Å². The Labute approximate surface area is 123 Å². The standard InChI is InChI=1S/C16H19N3O2/c1-10(5-6-21-2)7-14-16-15(17-9-18-16)12-4-3-11(20)8-13(12)19-14/h3-4,8-10,20H,5-7H2,1-2H3,(H,17,18). The number of imidazole rings is 1. The van der Waals surface area contributed by atoms with Gasteiger partial charge in [-0.25, -0.2) is 4.98 Å². The zero-order valence-electron chi connectivity index (χ0n) is 12.3. The van der Waals surface area contributed by atoms with E-state index < -0.39 is 0 Å². The van der Waals surface area contributed by atoms with Crippen molar-refractivity contribution in [1.29, 1.82) is 0 Å². The van der Waals surface area contributed by atoms with Crippen molar-refractivity contribution in [2.75, 3.05) is 13.7 Å². The number of hydrogen-bond acceptors (Lipinski definition) is 4. The van der Waals surface area contributed by atoms with Gasteiger partial charge < -0.3 is 14.8 Å². The zero-order chi connectivity index (χ0) is 14.8. The molecule has 0 saturated heterocycles. The van der Waals surface area contributed by atoms with Crippen LogP contribution in [0.4, 0.5) is 0 Å². The molecular formula is C16H19N3O2. The Balaban J connectivity index is 2.05. The van der Waals surface area contributed by atoms with Gasteiger partial charge in [-0.15, -0.1) is 0 Å². The Morgan fingerprint density at radius 1 is 1.38 bits per heavy atom. The minimum atomic E-state index is 0.225. The quantitative estimate of drug-likeness (QED) is 0.756. The number of aromatic amines is 1. The average Bonchev–Trinajstić information content (AvgIpc) is 2.94. The topological polar surface area (TPSA) is 71.0 Å². The zero-order valence-corrected chi connectivity index (χ0v) is 12.3. The number of aromatic nitrogens is 3. The molecule has 1 aromatic carbocycles. The van der Waals surface area contributed by atoms with E-state index in [0.717, 1.165) is 47.1 Å². The largest absolute Gasteiger partial charge is 0.508 e. The van der Waals surface area contributed by atoms with Crippen LogP contribution >= 0.6 is 0 Å². The predicted molar refractivity (Wildman–Crippen MR) is 82.4 cm³/mol. The minimum absolute atomic E-state index is 0.225. The predicted octanol–water partition coefficient (Wildman–Crippen LogP) is 3.03. The maximum absolute atomic E-state index is 9.66. The van der Waals surface area contributed by atoms with E-state index in [4.69, 9.17) is 9.72 Å². The highest BCUT2D eigenvalue weighted by atomic mass is 16.5. The van der Waals surface area contributed by atoms with Crippen molar-refractivity contribution in [1.82, 2.24) is 15.0 Å². The molecule has 0 fully saturated rings. The number of fused-ring (bicyclic) bond motifs is 3. The van der Waals surface area contributed by atoms with Crippen molar-refractivity contribution in [3.63, 3.8) is 0 Å². The molecule has 21 heavy (non-hydrogen) atoms. The summed E-state index contributed by atoms with van der Waals surface area (Å²) in [5.41, 5.74) is 3.67. The fraction of sp³-hybridized carbons (Fsp3) is 0.375. The summed E-state index contributed by atoms with van der Waals surface area (Å²) in [7, 11) is 1.72. The minimum Gasteiger partial charge on any atom is -0.508 e. The third kappa shape index (κ3) is 2.69. The Hall–Kier alpha value is -2.14. The summed E-state index contributed by atoms with van der Waals surface area (Å²) in [4.78, 5) is 12.3. The summed E-state index contributed by atoms with van der Waals surface area (Å²) >= 11 is 0. The molecule has 0 aliphatic heterocycles. The van der Waals surface area contributed by atoms with Gasteiger partial charge in [0.05, 0.1) is 28.6 Å². The van der Waals surface area contributed by atoms with Gasteiger partial charge in [-0.1, -0.05) is 6.92 Å². The number of benzene rings is 1. The second-order valence-electron chi connectivity index (χ2n) is 5.48. The molecule has 0 spiro atoms. The first-order valence-electron chi connectivity index (χ1n) is 7.12. The van der Waals surface area contributed by atoms with Crippen LogP contribution in [-0.4, -0.2) is 33.8 Å². The van der Waals surface area contributed by atoms with E-state index in [2.05, 4.69) is 16.9 Å². The number of rotatable bonds is 5. The van der Waals surface area contributed by atoms with Gasteiger partial charge in [0.15, 0.2) is 0 Å². The van der Waals surface area contributed by atoms with E-state index in [1.54, 1.807) is 25.6 Å². The van der Waals surface area contributed by atoms with Crippen LogP contribution in [-0.2, 0) is 11.2 Å². The fourth-order valence-electron chi connectivity index (χ4n) is 2.63. The smallest absolute Gasteiger partial charge is 0.117 e. The molecule has 2 aromatic heterocycles. The van der Waals surface area contributed by atoms with Crippen molar-refractivity contribution < 1.29 is 9.84 Å². The average molecular weight is 285 g/mol. The summed E-state index contributed by atoms with van der Waals surface area (Å²) in [6.45, 7) is 2.94. The number of ether oxygens (including phenoxy) is 1. The van der Waals surface area contributed by atoms with Crippen molar-refractivity contribution in [3.05, 3.63) is 30.2 Å². The van der Waals surface area contributed by atoms with E-state index in [9.17, 15) is 5.11 Å². The number of hydrogen-bond donors (Lipinski definition) is 2. The molecule has 110 valence electrons. The molecule has 5 nitrogen and oxygen atoms in total. The molecule has 2 heterocycles. The lowest BCUT2D eigenvalue weighted by atomic mass is 10.00. The highest BCUT2D eigenvalue weighted by Gasteiger charge is 2.13. The summed E-state index contributed by atoms with van der Waals surface area (Å²) < 4.78 is 5.14. The first kappa shape index (κ1) is 13.8. The van der Waals surface area contributed by atoms with E-state index in [0.29, 0.717) is 5.92 Å². The number of H-pyrrole nitrogens is 1. The number of phenolic OH excluding ortho intramolecular Hbond substituents is 1. The number of pyridine rings is 1. The number of methoxy groups -OCH3 is 1. The monoisotopic (exact) mass is 285 g/mol. The highest BCUT2D eigenvalue weighted by Crippen LogP contribution is 2.27. The summed E-state index contributed by atoms with van der Waals surface area (Å²) in [6, 6.07) is 5.21. The molecule has 0 aliphatic rings. The Kier molecular flexibility index (Phi) is 3.75. The van der Waals surface area contributed by atoms with Crippen LogP contribution in [0.5, 0.6) is 5.75 Å². The van der Waals surface area contributed by atoms with Crippen LogP contribution in [0.15, 0.2) is 24.5 Å². The van der Waals surface area contributed by atoms with E-state index in [1.165, 1.54) is 0 Å². The third-order valence-corrected chi connectivity index (χ3v) is 3.78. The molecule has 0 radical (unpaired) electrons. The molecule has 0 amide bonds. The molecule has 5 heteroatoms. The fourth-order valence-corrected chi connectivity index (χ4v) is 2.63. The van der Waals surface area contributed by atoms with Crippen LogP contribution in [0.2, 0.25) is 0 Å². The molecule has 1 unspecified atom stereocenters. The second kappa shape index (κ2) is 5.69. The molecule has 0 aliphatic carbocycles. The molecule has 0 bridgehead atoms. The third-order valence-electron chi connectivity index (χ3n) is 3.78. The second-order valence-corrected chi connectivity index (χ2v) is 5.48.